The lowest BCUT2D eigenvalue weighted by Crippen LogP contribution is -2.21. The number of aromatic nitrogens is 1. The van der Waals surface area contributed by atoms with E-state index in [-0.39, 0.29) is 17.0 Å². The van der Waals surface area contributed by atoms with Crippen LogP contribution < -0.4 is 0 Å². The van der Waals surface area contributed by atoms with Crippen molar-refractivity contribution in [3.05, 3.63) is 28.8 Å². The average Bonchev–Trinajstić information content (AvgIpc) is 2.74. The second kappa shape index (κ2) is 6.06. The molecule has 0 amide bonds. The summed E-state index contributed by atoms with van der Waals surface area (Å²) < 4.78 is 1.11. The van der Waals surface area contributed by atoms with Crippen molar-refractivity contribution in [3.63, 3.8) is 0 Å². The Hall–Kier alpha value is -1.55. The first-order valence-corrected chi connectivity index (χ1v) is 7.98. The molecule has 0 radical (unpaired) electrons. The topological polar surface area (TPSA) is 47.0 Å². The third kappa shape index (κ3) is 4.21. The molecule has 2 rings (SSSR count). The Morgan fingerprint density at radius 1 is 1.19 bits per heavy atom. The summed E-state index contributed by atoms with van der Waals surface area (Å²) >= 11 is 1.64. The minimum Gasteiger partial charge on any atom is -0.299 e. The molecule has 3 nitrogen and oxygen atoms in total. The Morgan fingerprint density at radius 2 is 1.90 bits per heavy atom. The maximum Gasteiger partial charge on any atom is 0.138 e. The molecular weight excluding hydrogens is 282 g/mol. The molecule has 0 bridgehead atoms. The number of aryl methyl sites for hydroxylation is 1. The average molecular weight is 303 g/mol. The minimum atomic E-state index is -0.362. The molecule has 112 valence electrons. The molecular formula is C17H21NO2S. The van der Waals surface area contributed by atoms with Gasteiger partial charge in [0, 0.05) is 24.7 Å². The van der Waals surface area contributed by atoms with E-state index in [1.54, 1.807) is 11.3 Å². The number of ketones is 2. The van der Waals surface area contributed by atoms with Crippen LogP contribution in [0.25, 0.3) is 10.2 Å². The SMILES string of the molecule is Cc1nc2ccc(CC(=O)CCC(=O)C(C)(C)C)cc2s1. The van der Waals surface area contributed by atoms with Gasteiger partial charge in [-0.3, -0.25) is 9.59 Å². The summed E-state index contributed by atoms with van der Waals surface area (Å²) in [6, 6.07) is 5.94. The van der Waals surface area contributed by atoms with Crippen molar-refractivity contribution in [2.45, 2.75) is 47.0 Å². The number of benzene rings is 1. The molecule has 2 aromatic rings. The summed E-state index contributed by atoms with van der Waals surface area (Å²) in [5, 5.41) is 1.03. The molecule has 0 spiro atoms. The van der Waals surface area contributed by atoms with Crippen molar-refractivity contribution in [2.75, 3.05) is 0 Å². The fraction of sp³-hybridized carbons (Fsp3) is 0.471. The van der Waals surface area contributed by atoms with Gasteiger partial charge in [0.25, 0.3) is 0 Å². The number of hydrogen-bond acceptors (Lipinski definition) is 4. The van der Waals surface area contributed by atoms with Gasteiger partial charge >= 0.3 is 0 Å². The highest BCUT2D eigenvalue weighted by molar-refractivity contribution is 7.18. The molecule has 0 aliphatic carbocycles. The monoisotopic (exact) mass is 303 g/mol. The predicted molar refractivity (Wildman–Crippen MR) is 86.8 cm³/mol. The first kappa shape index (κ1) is 15.8. The summed E-state index contributed by atoms with van der Waals surface area (Å²) in [6.45, 7) is 7.65. The van der Waals surface area contributed by atoms with E-state index in [0.717, 1.165) is 20.8 Å². The first-order chi connectivity index (χ1) is 9.75. The zero-order valence-corrected chi connectivity index (χ0v) is 13.8. The Kier molecular flexibility index (Phi) is 4.57. The van der Waals surface area contributed by atoms with Crippen molar-refractivity contribution in [1.29, 1.82) is 0 Å². The van der Waals surface area contributed by atoms with Crippen LogP contribution in [0.5, 0.6) is 0 Å². The molecule has 1 aromatic heterocycles. The second-order valence-electron chi connectivity index (χ2n) is 6.42. The van der Waals surface area contributed by atoms with Crippen LogP contribution >= 0.6 is 11.3 Å². The Bertz CT molecular complexity index is 680. The number of thiazole rings is 1. The third-order valence-electron chi connectivity index (χ3n) is 3.43. The lowest BCUT2D eigenvalue weighted by molar-refractivity contribution is -0.128. The number of rotatable bonds is 5. The largest absolute Gasteiger partial charge is 0.299 e. The fourth-order valence-corrected chi connectivity index (χ4v) is 3.03. The van der Waals surface area contributed by atoms with Crippen LogP contribution in [0.3, 0.4) is 0 Å². The number of nitrogens with zero attached hydrogens (tertiary/aromatic N) is 1. The zero-order valence-electron chi connectivity index (χ0n) is 13.0. The molecule has 0 unspecified atom stereocenters. The van der Waals surface area contributed by atoms with Crippen LogP contribution in [0.2, 0.25) is 0 Å². The number of Topliss-reactive ketones (excluding diaryl/α,β-unsaturated/α-hetero) is 2. The maximum atomic E-state index is 12.0. The molecule has 21 heavy (non-hydrogen) atoms. The zero-order chi connectivity index (χ0) is 15.6. The number of hydrogen-bond donors (Lipinski definition) is 0. The van der Waals surface area contributed by atoms with Crippen LogP contribution in [-0.2, 0) is 16.0 Å². The molecule has 0 atom stereocenters. The molecule has 0 aliphatic heterocycles. The first-order valence-electron chi connectivity index (χ1n) is 7.17. The standard InChI is InChI=1S/C17H21NO2S/c1-11-18-14-7-5-12(10-15(14)21-11)9-13(19)6-8-16(20)17(2,3)4/h5,7,10H,6,8-9H2,1-4H3. The molecule has 1 aromatic carbocycles. The van der Waals surface area contributed by atoms with Crippen molar-refractivity contribution in [1.82, 2.24) is 4.98 Å². The van der Waals surface area contributed by atoms with E-state index in [4.69, 9.17) is 0 Å². The third-order valence-corrected chi connectivity index (χ3v) is 4.36. The summed E-state index contributed by atoms with van der Waals surface area (Å²) in [5.41, 5.74) is 1.62. The highest BCUT2D eigenvalue weighted by atomic mass is 32.1. The summed E-state index contributed by atoms with van der Waals surface area (Å²) in [4.78, 5) is 28.3. The van der Waals surface area contributed by atoms with Gasteiger partial charge in [-0.1, -0.05) is 26.8 Å². The smallest absolute Gasteiger partial charge is 0.138 e. The van der Waals surface area contributed by atoms with Crippen molar-refractivity contribution in [2.24, 2.45) is 5.41 Å². The number of carbonyl (C=O) groups is 2. The molecule has 0 saturated heterocycles. The lowest BCUT2D eigenvalue weighted by atomic mass is 9.87. The molecule has 0 saturated carbocycles. The normalized spacial score (nSPS) is 11.8. The lowest BCUT2D eigenvalue weighted by Gasteiger charge is -2.15. The Morgan fingerprint density at radius 3 is 2.57 bits per heavy atom. The van der Waals surface area contributed by atoms with Gasteiger partial charge in [-0.05, 0) is 24.6 Å². The van der Waals surface area contributed by atoms with Crippen LogP contribution in [0.15, 0.2) is 18.2 Å². The minimum absolute atomic E-state index is 0.119. The van der Waals surface area contributed by atoms with Gasteiger partial charge in [0.1, 0.15) is 11.6 Å². The van der Waals surface area contributed by atoms with Gasteiger partial charge in [-0.2, -0.15) is 0 Å². The fourth-order valence-electron chi connectivity index (χ4n) is 2.14. The Balaban J connectivity index is 1.96. The van der Waals surface area contributed by atoms with E-state index in [1.165, 1.54) is 0 Å². The molecule has 0 fully saturated rings. The summed E-state index contributed by atoms with van der Waals surface area (Å²) in [5.74, 6) is 0.262. The highest BCUT2D eigenvalue weighted by Crippen LogP contribution is 2.23. The maximum absolute atomic E-state index is 12.0. The van der Waals surface area contributed by atoms with Gasteiger partial charge in [0.15, 0.2) is 0 Å². The van der Waals surface area contributed by atoms with E-state index in [1.807, 2.05) is 45.9 Å². The van der Waals surface area contributed by atoms with E-state index in [9.17, 15) is 9.59 Å². The van der Waals surface area contributed by atoms with Crippen LogP contribution in [0.1, 0.15) is 44.2 Å². The molecule has 1 heterocycles. The molecule has 4 heteroatoms. The number of fused-ring (bicyclic) bond motifs is 1. The summed E-state index contributed by atoms with van der Waals surface area (Å²) in [7, 11) is 0. The van der Waals surface area contributed by atoms with E-state index < -0.39 is 0 Å². The van der Waals surface area contributed by atoms with E-state index in [2.05, 4.69) is 4.98 Å². The summed E-state index contributed by atoms with van der Waals surface area (Å²) in [6.07, 6.45) is 1.06. The van der Waals surface area contributed by atoms with Crippen LogP contribution in [0, 0.1) is 12.3 Å². The van der Waals surface area contributed by atoms with Crippen molar-refractivity contribution in [3.8, 4) is 0 Å². The van der Waals surface area contributed by atoms with Gasteiger partial charge in [0.05, 0.1) is 15.2 Å². The van der Waals surface area contributed by atoms with Crippen molar-refractivity contribution >= 4 is 33.1 Å². The van der Waals surface area contributed by atoms with Gasteiger partial charge in [-0.25, -0.2) is 4.98 Å². The molecule has 0 aliphatic rings. The van der Waals surface area contributed by atoms with Crippen LogP contribution in [0.4, 0.5) is 0 Å². The molecule has 0 N–H and O–H groups in total. The van der Waals surface area contributed by atoms with Gasteiger partial charge < -0.3 is 0 Å². The van der Waals surface area contributed by atoms with E-state index >= 15 is 0 Å². The van der Waals surface area contributed by atoms with Crippen molar-refractivity contribution < 1.29 is 9.59 Å². The van der Waals surface area contributed by atoms with Gasteiger partial charge in [-0.15, -0.1) is 11.3 Å². The number of carbonyl (C=O) groups excluding carboxylic acids is 2. The predicted octanol–water partition coefficient (Wildman–Crippen LogP) is 4.11. The quantitative estimate of drug-likeness (QED) is 0.835. The van der Waals surface area contributed by atoms with E-state index in [0.29, 0.717) is 19.3 Å². The Labute approximate surface area is 129 Å². The van der Waals surface area contributed by atoms with Gasteiger partial charge in [0.2, 0.25) is 0 Å². The van der Waals surface area contributed by atoms with Crippen LogP contribution in [-0.4, -0.2) is 16.6 Å². The second-order valence-corrected chi connectivity index (χ2v) is 7.66. The highest BCUT2D eigenvalue weighted by Gasteiger charge is 2.21.